The van der Waals surface area contributed by atoms with Gasteiger partial charge in [-0.1, -0.05) is 6.07 Å². The van der Waals surface area contributed by atoms with E-state index in [1.54, 1.807) is 26.1 Å². The summed E-state index contributed by atoms with van der Waals surface area (Å²) in [4.78, 5) is 26.6. The van der Waals surface area contributed by atoms with E-state index >= 15 is 0 Å². The molecular weight excluding hydrogens is 206 g/mol. The summed E-state index contributed by atoms with van der Waals surface area (Å²) in [5.74, 6) is -0.989. The number of aromatic nitrogens is 1. The fourth-order valence-electron chi connectivity index (χ4n) is 1.04. The Hall–Kier alpha value is -1.91. The van der Waals surface area contributed by atoms with Gasteiger partial charge in [0.05, 0.1) is 0 Å². The zero-order valence-electron chi connectivity index (χ0n) is 9.57. The van der Waals surface area contributed by atoms with Gasteiger partial charge in [0.1, 0.15) is 5.82 Å². The number of rotatable bonds is 2. The monoisotopic (exact) mass is 221 g/mol. The van der Waals surface area contributed by atoms with Crippen molar-refractivity contribution in [2.24, 2.45) is 0 Å². The van der Waals surface area contributed by atoms with Crippen molar-refractivity contribution in [3.05, 3.63) is 23.9 Å². The molecular formula is C11H15N3O2. The molecule has 1 rings (SSSR count). The van der Waals surface area contributed by atoms with Gasteiger partial charge in [-0.15, -0.1) is 0 Å². The molecule has 0 aromatic carbocycles. The maximum atomic E-state index is 11.4. The molecule has 16 heavy (non-hydrogen) atoms. The Morgan fingerprint density at radius 2 is 1.94 bits per heavy atom. The summed E-state index contributed by atoms with van der Waals surface area (Å²) in [6.45, 7) is 5.47. The minimum Gasteiger partial charge on any atom is -0.346 e. The third kappa shape index (κ3) is 3.68. The Morgan fingerprint density at radius 3 is 2.44 bits per heavy atom. The van der Waals surface area contributed by atoms with E-state index in [1.807, 2.05) is 13.0 Å². The number of amides is 2. The first kappa shape index (κ1) is 12.2. The molecule has 5 heteroatoms. The standard InChI is InChI=1S/C11H15N3O2/c1-7(2)13-10(15)11(16)14-9-5-4-8(3)6-12-9/h4-7H,1-3H3,(H,13,15)(H,12,14,16). The van der Waals surface area contributed by atoms with Crippen molar-refractivity contribution in [3.63, 3.8) is 0 Å². The van der Waals surface area contributed by atoms with E-state index < -0.39 is 11.8 Å². The quantitative estimate of drug-likeness (QED) is 0.727. The summed E-state index contributed by atoms with van der Waals surface area (Å²) in [6.07, 6.45) is 1.62. The molecule has 0 fully saturated rings. The molecule has 1 aromatic heterocycles. The molecule has 86 valence electrons. The van der Waals surface area contributed by atoms with E-state index in [1.165, 1.54) is 0 Å². The highest BCUT2D eigenvalue weighted by atomic mass is 16.2. The van der Waals surface area contributed by atoms with E-state index in [-0.39, 0.29) is 6.04 Å². The highest BCUT2D eigenvalue weighted by Crippen LogP contribution is 2.03. The van der Waals surface area contributed by atoms with Crippen LogP contribution in [-0.2, 0) is 9.59 Å². The van der Waals surface area contributed by atoms with Gasteiger partial charge < -0.3 is 10.6 Å². The summed E-state index contributed by atoms with van der Waals surface area (Å²) in [7, 11) is 0. The predicted octanol–water partition coefficient (Wildman–Crippen LogP) is 0.853. The molecule has 1 heterocycles. The molecule has 0 unspecified atom stereocenters. The zero-order valence-corrected chi connectivity index (χ0v) is 9.57. The van der Waals surface area contributed by atoms with Gasteiger partial charge in [-0.2, -0.15) is 0 Å². The maximum Gasteiger partial charge on any atom is 0.314 e. The molecule has 5 nitrogen and oxygen atoms in total. The first-order chi connectivity index (χ1) is 7.49. The van der Waals surface area contributed by atoms with Crippen molar-refractivity contribution in [3.8, 4) is 0 Å². The van der Waals surface area contributed by atoms with Gasteiger partial charge in [0.25, 0.3) is 0 Å². The number of hydrogen-bond donors (Lipinski definition) is 2. The minimum absolute atomic E-state index is 0.0655. The second kappa shape index (κ2) is 5.25. The molecule has 0 radical (unpaired) electrons. The number of nitrogens with one attached hydrogen (secondary N) is 2. The molecule has 0 atom stereocenters. The maximum absolute atomic E-state index is 11.4. The highest BCUT2D eigenvalue weighted by Gasteiger charge is 2.14. The van der Waals surface area contributed by atoms with Crippen LogP contribution in [0.4, 0.5) is 5.82 Å². The first-order valence-corrected chi connectivity index (χ1v) is 5.03. The van der Waals surface area contributed by atoms with Crippen LogP contribution in [0.2, 0.25) is 0 Å². The van der Waals surface area contributed by atoms with Gasteiger partial charge in [0.15, 0.2) is 0 Å². The lowest BCUT2D eigenvalue weighted by Crippen LogP contribution is -2.39. The van der Waals surface area contributed by atoms with Gasteiger partial charge in [-0.3, -0.25) is 9.59 Å². The lowest BCUT2D eigenvalue weighted by Gasteiger charge is -2.08. The van der Waals surface area contributed by atoms with E-state index in [0.717, 1.165) is 5.56 Å². The SMILES string of the molecule is Cc1ccc(NC(=O)C(=O)NC(C)C)nc1. The topological polar surface area (TPSA) is 71.1 Å². The van der Waals surface area contributed by atoms with Crippen LogP contribution in [-0.4, -0.2) is 22.8 Å². The van der Waals surface area contributed by atoms with Gasteiger partial charge in [0, 0.05) is 12.2 Å². The fourth-order valence-corrected chi connectivity index (χ4v) is 1.04. The molecule has 0 spiro atoms. The number of nitrogens with zero attached hydrogens (tertiary/aromatic N) is 1. The van der Waals surface area contributed by atoms with Crippen LogP contribution in [0.3, 0.4) is 0 Å². The molecule has 0 aliphatic carbocycles. The fraction of sp³-hybridized carbons (Fsp3) is 0.364. The molecule has 1 aromatic rings. The third-order valence-electron chi connectivity index (χ3n) is 1.78. The smallest absolute Gasteiger partial charge is 0.314 e. The third-order valence-corrected chi connectivity index (χ3v) is 1.78. The van der Waals surface area contributed by atoms with Crippen LogP contribution < -0.4 is 10.6 Å². The van der Waals surface area contributed by atoms with E-state index in [0.29, 0.717) is 5.82 Å². The molecule has 2 amide bonds. The minimum atomic E-state index is -0.704. The van der Waals surface area contributed by atoms with Gasteiger partial charge in [-0.25, -0.2) is 4.98 Å². The van der Waals surface area contributed by atoms with Crippen molar-refractivity contribution in [2.45, 2.75) is 26.8 Å². The highest BCUT2D eigenvalue weighted by molar-refractivity contribution is 6.39. The molecule has 0 aliphatic heterocycles. The second-order valence-corrected chi connectivity index (χ2v) is 3.80. The number of pyridine rings is 1. The number of hydrogen-bond acceptors (Lipinski definition) is 3. The normalized spacial score (nSPS) is 10.0. The van der Waals surface area contributed by atoms with Crippen LogP contribution in [0.5, 0.6) is 0 Å². The first-order valence-electron chi connectivity index (χ1n) is 5.03. The van der Waals surface area contributed by atoms with Crippen LogP contribution in [0.15, 0.2) is 18.3 Å². The van der Waals surface area contributed by atoms with Crippen molar-refractivity contribution < 1.29 is 9.59 Å². The van der Waals surface area contributed by atoms with Crippen LogP contribution in [0.1, 0.15) is 19.4 Å². The van der Waals surface area contributed by atoms with Gasteiger partial charge in [0.2, 0.25) is 0 Å². The van der Waals surface area contributed by atoms with Gasteiger partial charge >= 0.3 is 11.8 Å². The summed E-state index contributed by atoms with van der Waals surface area (Å²) >= 11 is 0. The Morgan fingerprint density at radius 1 is 1.25 bits per heavy atom. The van der Waals surface area contributed by atoms with Crippen molar-refractivity contribution in [1.82, 2.24) is 10.3 Å². The zero-order chi connectivity index (χ0) is 12.1. The van der Waals surface area contributed by atoms with E-state index in [2.05, 4.69) is 15.6 Å². The van der Waals surface area contributed by atoms with Crippen LogP contribution in [0.25, 0.3) is 0 Å². The second-order valence-electron chi connectivity index (χ2n) is 3.80. The Kier molecular flexibility index (Phi) is 3.99. The molecule has 0 bridgehead atoms. The number of aryl methyl sites for hydroxylation is 1. The molecule has 0 saturated heterocycles. The summed E-state index contributed by atoms with van der Waals surface area (Å²) in [5.41, 5.74) is 0.990. The number of carbonyl (C=O) groups excluding carboxylic acids is 2. The Labute approximate surface area is 94.3 Å². The lowest BCUT2D eigenvalue weighted by atomic mass is 10.3. The van der Waals surface area contributed by atoms with Gasteiger partial charge in [-0.05, 0) is 32.4 Å². The van der Waals surface area contributed by atoms with E-state index in [4.69, 9.17) is 0 Å². The molecule has 0 saturated carbocycles. The largest absolute Gasteiger partial charge is 0.346 e. The number of anilines is 1. The van der Waals surface area contributed by atoms with Crippen LogP contribution >= 0.6 is 0 Å². The number of carbonyl (C=O) groups is 2. The average Bonchev–Trinajstić information content (AvgIpc) is 2.20. The summed E-state index contributed by atoms with van der Waals surface area (Å²) in [6, 6.07) is 3.39. The van der Waals surface area contributed by atoms with Crippen LogP contribution in [0, 0.1) is 6.92 Å². The molecule has 2 N–H and O–H groups in total. The average molecular weight is 221 g/mol. The Balaban J connectivity index is 2.57. The lowest BCUT2D eigenvalue weighted by molar-refractivity contribution is -0.136. The van der Waals surface area contributed by atoms with Crippen molar-refractivity contribution >= 4 is 17.6 Å². The molecule has 0 aliphatic rings. The van der Waals surface area contributed by atoms with E-state index in [9.17, 15) is 9.59 Å². The Bertz CT molecular complexity index is 385. The summed E-state index contributed by atoms with van der Waals surface area (Å²) in [5, 5.41) is 4.91. The predicted molar refractivity (Wildman–Crippen MR) is 60.9 cm³/mol. The van der Waals surface area contributed by atoms with Crippen molar-refractivity contribution in [1.29, 1.82) is 0 Å². The van der Waals surface area contributed by atoms with Crippen molar-refractivity contribution in [2.75, 3.05) is 5.32 Å². The summed E-state index contributed by atoms with van der Waals surface area (Å²) < 4.78 is 0.